The SMILES string of the molecule is CC1CC(C)CC(Oc2cc(F)ccc2[C@H](C)N)C1. The van der Waals surface area contributed by atoms with Crippen LogP contribution in [0.1, 0.15) is 51.6 Å². The molecule has 1 aliphatic rings. The summed E-state index contributed by atoms with van der Waals surface area (Å²) < 4.78 is 19.4. The highest BCUT2D eigenvalue weighted by Gasteiger charge is 2.26. The van der Waals surface area contributed by atoms with Crippen molar-refractivity contribution in [1.29, 1.82) is 0 Å². The summed E-state index contributed by atoms with van der Waals surface area (Å²) in [6.07, 6.45) is 3.51. The van der Waals surface area contributed by atoms with Crippen molar-refractivity contribution in [3.63, 3.8) is 0 Å². The summed E-state index contributed by atoms with van der Waals surface area (Å²) >= 11 is 0. The molecule has 0 amide bonds. The van der Waals surface area contributed by atoms with Gasteiger partial charge in [0.05, 0.1) is 6.10 Å². The van der Waals surface area contributed by atoms with Crippen molar-refractivity contribution in [1.82, 2.24) is 0 Å². The van der Waals surface area contributed by atoms with Crippen molar-refractivity contribution in [3.8, 4) is 5.75 Å². The van der Waals surface area contributed by atoms with Gasteiger partial charge >= 0.3 is 0 Å². The number of nitrogens with two attached hydrogens (primary N) is 1. The molecule has 0 spiro atoms. The number of rotatable bonds is 3. The fraction of sp³-hybridized carbons (Fsp3) is 0.625. The molecule has 19 heavy (non-hydrogen) atoms. The van der Waals surface area contributed by atoms with Gasteiger partial charge in [0.1, 0.15) is 11.6 Å². The Hall–Kier alpha value is -1.09. The van der Waals surface area contributed by atoms with E-state index in [2.05, 4.69) is 13.8 Å². The largest absolute Gasteiger partial charge is 0.490 e. The highest BCUT2D eigenvalue weighted by Crippen LogP contribution is 2.33. The first-order valence-corrected chi connectivity index (χ1v) is 7.17. The molecule has 1 aliphatic carbocycles. The van der Waals surface area contributed by atoms with E-state index in [0.717, 1.165) is 18.4 Å². The molecule has 0 heterocycles. The van der Waals surface area contributed by atoms with Gasteiger partial charge in [-0.3, -0.25) is 0 Å². The second kappa shape index (κ2) is 5.91. The third kappa shape index (κ3) is 3.69. The third-order valence-corrected chi connectivity index (χ3v) is 3.90. The Balaban J connectivity index is 2.15. The van der Waals surface area contributed by atoms with E-state index < -0.39 is 0 Å². The number of hydrogen-bond acceptors (Lipinski definition) is 2. The third-order valence-electron chi connectivity index (χ3n) is 3.90. The molecule has 0 bridgehead atoms. The van der Waals surface area contributed by atoms with Crippen LogP contribution in [0.25, 0.3) is 0 Å². The lowest BCUT2D eigenvalue weighted by atomic mass is 9.82. The number of halogens is 1. The van der Waals surface area contributed by atoms with Crippen LogP contribution in [0.2, 0.25) is 0 Å². The maximum atomic E-state index is 13.4. The molecular weight excluding hydrogens is 241 g/mol. The smallest absolute Gasteiger partial charge is 0.127 e. The van der Waals surface area contributed by atoms with E-state index in [1.165, 1.54) is 18.6 Å². The van der Waals surface area contributed by atoms with E-state index in [9.17, 15) is 4.39 Å². The Kier molecular flexibility index (Phi) is 4.46. The fourth-order valence-corrected chi connectivity index (χ4v) is 3.14. The molecule has 2 nitrogen and oxygen atoms in total. The molecule has 0 radical (unpaired) electrons. The van der Waals surface area contributed by atoms with Crippen LogP contribution in [0.5, 0.6) is 5.75 Å². The lowest BCUT2D eigenvalue weighted by Crippen LogP contribution is -2.29. The van der Waals surface area contributed by atoms with Crippen molar-refractivity contribution in [3.05, 3.63) is 29.6 Å². The van der Waals surface area contributed by atoms with Crippen LogP contribution in [0.4, 0.5) is 4.39 Å². The Labute approximate surface area is 115 Å². The van der Waals surface area contributed by atoms with Crippen LogP contribution in [0.3, 0.4) is 0 Å². The van der Waals surface area contributed by atoms with E-state index in [4.69, 9.17) is 10.5 Å². The van der Waals surface area contributed by atoms with Gasteiger partial charge in [-0.1, -0.05) is 19.9 Å². The minimum absolute atomic E-state index is 0.144. The molecular formula is C16H24FNO. The van der Waals surface area contributed by atoms with Gasteiger partial charge < -0.3 is 10.5 Å². The lowest BCUT2D eigenvalue weighted by molar-refractivity contribution is 0.0995. The van der Waals surface area contributed by atoms with Crippen LogP contribution < -0.4 is 10.5 Å². The van der Waals surface area contributed by atoms with E-state index in [0.29, 0.717) is 17.6 Å². The first kappa shape index (κ1) is 14.3. The van der Waals surface area contributed by atoms with E-state index in [-0.39, 0.29) is 18.0 Å². The van der Waals surface area contributed by atoms with Crippen molar-refractivity contribution in [2.45, 2.75) is 52.2 Å². The second-order valence-corrected chi connectivity index (χ2v) is 6.13. The molecule has 1 fully saturated rings. The zero-order valence-electron chi connectivity index (χ0n) is 12.0. The minimum Gasteiger partial charge on any atom is -0.490 e. The standard InChI is InChI=1S/C16H24FNO/c1-10-6-11(2)8-14(7-10)19-16-9-13(17)4-5-15(16)12(3)18/h4-5,9-12,14H,6-8,18H2,1-3H3/t10?,11?,12-,14?/m0/s1. The predicted octanol–water partition coefficient (Wildman–Crippen LogP) is 4.05. The Morgan fingerprint density at radius 3 is 2.42 bits per heavy atom. The predicted molar refractivity (Wildman–Crippen MR) is 75.6 cm³/mol. The van der Waals surface area contributed by atoms with E-state index in [1.54, 1.807) is 6.07 Å². The normalized spacial score (nSPS) is 29.0. The summed E-state index contributed by atoms with van der Waals surface area (Å²) in [5.74, 6) is 1.68. The summed E-state index contributed by atoms with van der Waals surface area (Å²) in [6.45, 7) is 6.40. The van der Waals surface area contributed by atoms with Crippen LogP contribution in [0.15, 0.2) is 18.2 Å². The average Bonchev–Trinajstić information content (AvgIpc) is 2.26. The number of ether oxygens (including phenoxy) is 1. The van der Waals surface area contributed by atoms with Crippen molar-refractivity contribution >= 4 is 0 Å². The summed E-state index contributed by atoms with van der Waals surface area (Å²) in [5.41, 5.74) is 6.80. The van der Waals surface area contributed by atoms with Crippen LogP contribution in [-0.2, 0) is 0 Å². The Morgan fingerprint density at radius 2 is 1.84 bits per heavy atom. The molecule has 0 aliphatic heterocycles. The molecule has 1 aromatic carbocycles. The quantitative estimate of drug-likeness (QED) is 0.895. The topological polar surface area (TPSA) is 35.2 Å². The van der Waals surface area contributed by atoms with Gasteiger partial charge in [-0.15, -0.1) is 0 Å². The molecule has 1 aromatic rings. The summed E-state index contributed by atoms with van der Waals surface area (Å²) in [6, 6.07) is 4.49. The molecule has 0 aromatic heterocycles. The summed E-state index contributed by atoms with van der Waals surface area (Å²) in [7, 11) is 0. The van der Waals surface area contributed by atoms with Gasteiger partial charge in [-0.25, -0.2) is 4.39 Å². The highest BCUT2D eigenvalue weighted by atomic mass is 19.1. The average molecular weight is 265 g/mol. The Morgan fingerprint density at radius 1 is 1.21 bits per heavy atom. The van der Waals surface area contributed by atoms with Crippen LogP contribution >= 0.6 is 0 Å². The molecule has 2 N–H and O–H groups in total. The van der Waals surface area contributed by atoms with Gasteiger partial charge in [-0.05, 0) is 44.1 Å². The van der Waals surface area contributed by atoms with Crippen LogP contribution in [0, 0.1) is 17.7 Å². The van der Waals surface area contributed by atoms with Gasteiger partial charge in [0.25, 0.3) is 0 Å². The van der Waals surface area contributed by atoms with Gasteiger partial charge in [0.2, 0.25) is 0 Å². The maximum Gasteiger partial charge on any atom is 0.127 e. The minimum atomic E-state index is -0.267. The highest BCUT2D eigenvalue weighted by molar-refractivity contribution is 5.36. The molecule has 1 saturated carbocycles. The van der Waals surface area contributed by atoms with Crippen molar-refractivity contribution < 1.29 is 9.13 Å². The monoisotopic (exact) mass is 265 g/mol. The molecule has 3 heteroatoms. The van der Waals surface area contributed by atoms with Gasteiger partial charge in [0, 0.05) is 17.7 Å². The summed E-state index contributed by atoms with van der Waals surface area (Å²) in [5, 5.41) is 0. The van der Waals surface area contributed by atoms with Crippen molar-refractivity contribution in [2.75, 3.05) is 0 Å². The van der Waals surface area contributed by atoms with Crippen molar-refractivity contribution in [2.24, 2.45) is 17.6 Å². The number of hydrogen-bond donors (Lipinski definition) is 1. The second-order valence-electron chi connectivity index (χ2n) is 6.13. The number of benzene rings is 1. The molecule has 2 rings (SSSR count). The molecule has 0 saturated heterocycles. The summed E-state index contributed by atoms with van der Waals surface area (Å²) in [4.78, 5) is 0. The lowest BCUT2D eigenvalue weighted by Gasteiger charge is -2.32. The molecule has 3 atom stereocenters. The van der Waals surface area contributed by atoms with Gasteiger partial charge in [0.15, 0.2) is 0 Å². The first-order valence-electron chi connectivity index (χ1n) is 7.17. The fourth-order valence-electron chi connectivity index (χ4n) is 3.14. The van der Waals surface area contributed by atoms with E-state index in [1.807, 2.05) is 6.92 Å². The van der Waals surface area contributed by atoms with Crippen LogP contribution in [-0.4, -0.2) is 6.10 Å². The maximum absolute atomic E-state index is 13.4. The zero-order valence-corrected chi connectivity index (χ0v) is 12.0. The Bertz CT molecular complexity index is 423. The van der Waals surface area contributed by atoms with E-state index >= 15 is 0 Å². The first-order chi connectivity index (χ1) is 8.95. The van der Waals surface area contributed by atoms with Gasteiger partial charge in [-0.2, -0.15) is 0 Å². The molecule has 106 valence electrons. The zero-order chi connectivity index (χ0) is 14.0. The molecule has 2 unspecified atom stereocenters.